The molecule has 1 N–H and O–H groups in total. The molecule has 2 unspecified atom stereocenters. The van der Waals surface area contributed by atoms with Gasteiger partial charge in [-0.1, -0.05) is 24.3 Å². The van der Waals surface area contributed by atoms with Gasteiger partial charge >= 0.3 is 0 Å². The molecule has 3 rings (SSSR count). The van der Waals surface area contributed by atoms with Gasteiger partial charge in [-0.05, 0) is 49.1 Å². The Hall–Kier alpha value is -2.40. The van der Waals surface area contributed by atoms with Crippen molar-refractivity contribution < 1.29 is 19.0 Å². The van der Waals surface area contributed by atoms with Gasteiger partial charge in [-0.3, -0.25) is 4.79 Å². The first kappa shape index (κ1) is 17.4. The molecule has 1 saturated heterocycles. The lowest BCUT2D eigenvalue weighted by Crippen LogP contribution is -2.36. The summed E-state index contributed by atoms with van der Waals surface area (Å²) in [4.78, 5) is 14.7. The molecule has 0 aliphatic carbocycles. The van der Waals surface area contributed by atoms with Gasteiger partial charge in [0.05, 0.1) is 18.8 Å². The number of hydrogen-bond donors (Lipinski definition) is 1. The SMILES string of the molecule is COc1ccccc1C(=O)N1CCCC1CC(O)c1ccc(F)cc1. The van der Waals surface area contributed by atoms with Crippen molar-refractivity contribution in [2.24, 2.45) is 0 Å². The maximum Gasteiger partial charge on any atom is 0.257 e. The van der Waals surface area contributed by atoms with E-state index in [1.54, 1.807) is 31.4 Å². The fourth-order valence-corrected chi connectivity index (χ4v) is 3.40. The van der Waals surface area contributed by atoms with Gasteiger partial charge in [-0.25, -0.2) is 4.39 Å². The summed E-state index contributed by atoms with van der Waals surface area (Å²) in [6.45, 7) is 0.664. The van der Waals surface area contributed by atoms with Crippen molar-refractivity contribution in [3.8, 4) is 5.75 Å². The Kier molecular flexibility index (Phi) is 5.34. The van der Waals surface area contributed by atoms with E-state index in [0.29, 0.717) is 29.8 Å². The number of benzene rings is 2. The Morgan fingerprint density at radius 2 is 2.00 bits per heavy atom. The number of likely N-dealkylation sites (tertiary alicyclic amines) is 1. The molecular weight excluding hydrogens is 321 g/mol. The standard InChI is InChI=1S/C20H22FNO3/c1-25-19-7-3-2-6-17(19)20(24)22-12-4-5-16(22)13-18(23)14-8-10-15(21)11-9-14/h2-3,6-11,16,18,23H,4-5,12-13H2,1H3. The molecule has 0 bridgehead atoms. The largest absolute Gasteiger partial charge is 0.496 e. The minimum Gasteiger partial charge on any atom is -0.496 e. The second kappa shape index (κ2) is 7.66. The Balaban J connectivity index is 1.74. The number of aliphatic hydroxyl groups is 1. The van der Waals surface area contributed by atoms with Gasteiger partial charge in [-0.15, -0.1) is 0 Å². The second-order valence-corrected chi connectivity index (χ2v) is 6.30. The summed E-state index contributed by atoms with van der Waals surface area (Å²) in [5, 5.41) is 10.5. The van der Waals surface area contributed by atoms with Crippen LogP contribution in [0.15, 0.2) is 48.5 Å². The van der Waals surface area contributed by atoms with Crippen LogP contribution in [0.4, 0.5) is 4.39 Å². The number of nitrogens with zero attached hydrogens (tertiary/aromatic N) is 1. The third kappa shape index (κ3) is 3.82. The summed E-state index contributed by atoms with van der Waals surface area (Å²) in [5.74, 6) is 0.147. The minimum atomic E-state index is -0.725. The molecule has 132 valence electrons. The number of methoxy groups -OCH3 is 1. The van der Waals surface area contributed by atoms with Gasteiger partial charge < -0.3 is 14.7 Å². The van der Waals surface area contributed by atoms with Gasteiger partial charge in [0.25, 0.3) is 5.91 Å². The zero-order chi connectivity index (χ0) is 17.8. The summed E-state index contributed by atoms with van der Waals surface area (Å²) < 4.78 is 18.3. The molecule has 1 fully saturated rings. The molecule has 0 aromatic heterocycles. The van der Waals surface area contributed by atoms with E-state index in [4.69, 9.17) is 4.74 Å². The van der Waals surface area contributed by atoms with E-state index in [0.717, 1.165) is 12.8 Å². The number of rotatable bonds is 5. The van der Waals surface area contributed by atoms with Crippen molar-refractivity contribution in [1.29, 1.82) is 0 Å². The zero-order valence-electron chi connectivity index (χ0n) is 14.2. The van der Waals surface area contributed by atoms with Crippen LogP contribution in [0.25, 0.3) is 0 Å². The Labute approximate surface area is 146 Å². The number of aliphatic hydroxyl groups excluding tert-OH is 1. The van der Waals surface area contributed by atoms with Crippen molar-refractivity contribution in [3.05, 3.63) is 65.5 Å². The van der Waals surface area contributed by atoms with Crippen LogP contribution in [-0.4, -0.2) is 35.6 Å². The van der Waals surface area contributed by atoms with Gasteiger partial charge in [0.1, 0.15) is 11.6 Å². The first-order valence-electron chi connectivity index (χ1n) is 8.47. The maximum absolute atomic E-state index is 13.0. The first-order chi connectivity index (χ1) is 12.1. The molecule has 4 nitrogen and oxygen atoms in total. The number of carbonyl (C=O) groups excluding carboxylic acids is 1. The van der Waals surface area contributed by atoms with Crippen LogP contribution < -0.4 is 4.74 Å². The molecule has 0 radical (unpaired) electrons. The summed E-state index contributed by atoms with van der Waals surface area (Å²) in [6.07, 6.45) is 1.46. The summed E-state index contributed by atoms with van der Waals surface area (Å²) >= 11 is 0. The molecule has 25 heavy (non-hydrogen) atoms. The maximum atomic E-state index is 13.0. The van der Waals surface area contributed by atoms with Crippen molar-refractivity contribution in [2.45, 2.75) is 31.4 Å². The lowest BCUT2D eigenvalue weighted by molar-refractivity contribution is 0.0664. The van der Waals surface area contributed by atoms with Crippen LogP contribution in [-0.2, 0) is 0 Å². The van der Waals surface area contributed by atoms with E-state index in [9.17, 15) is 14.3 Å². The molecule has 2 atom stereocenters. The Morgan fingerprint density at radius 1 is 1.28 bits per heavy atom. The minimum absolute atomic E-state index is 0.0440. The fraction of sp³-hybridized carbons (Fsp3) is 0.350. The highest BCUT2D eigenvalue weighted by Gasteiger charge is 2.32. The summed E-state index contributed by atoms with van der Waals surface area (Å²) in [5.41, 5.74) is 1.20. The van der Waals surface area contributed by atoms with Gasteiger partial charge in [0.2, 0.25) is 0 Å². The number of halogens is 1. The molecule has 1 amide bonds. The number of ether oxygens (including phenoxy) is 1. The fourth-order valence-electron chi connectivity index (χ4n) is 3.40. The van der Waals surface area contributed by atoms with Crippen LogP contribution in [0.5, 0.6) is 5.75 Å². The molecule has 0 saturated carbocycles. The lowest BCUT2D eigenvalue weighted by Gasteiger charge is -2.27. The second-order valence-electron chi connectivity index (χ2n) is 6.30. The van der Waals surface area contributed by atoms with E-state index in [-0.39, 0.29) is 17.8 Å². The van der Waals surface area contributed by atoms with Crippen molar-refractivity contribution in [3.63, 3.8) is 0 Å². The van der Waals surface area contributed by atoms with Gasteiger partial charge in [0.15, 0.2) is 0 Å². The smallest absolute Gasteiger partial charge is 0.257 e. The van der Waals surface area contributed by atoms with Crippen LogP contribution in [0.3, 0.4) is 0 Å². The van der Waals surface area contributed by atoms with Crippen LogP contribution >= 0.6 is 0 Å². The molecule has 2 aromatic rings. The van der Waals surface area contributed by atoms with Crippen LogP contribution in [0.2, 0.25) is 0 Å². The summed E-state index contributed by atoms with van der Waals surface area (Å²) in [7, 11) is 1.55. The van der Waals surface area contributed by atoms with Crippen molar-refractivity contribution >= 4 is 5.91 Å². The quantitative estimate of drug-likeness (QED) is 0.903. The van der Waals surface area contributed by atoms with Gasteiger partial charge in [0, 0.05) is 12.6 Å². The lowest BCUT2D eigenvalue weighted by atomic mass is 10.00. The Morgan fingerprint density at radius 3 is 2.72 bits per heavy atom. The number of hydrogen-bond acceptors (Lipinski definition) is 3. The molecule has 5 heteroatoms. The zero-order valence-corrected chi connectivity index (χ0v) is 14.2. The van der Waals surface area contributed by atoms with E-state index < -0.39 is 6.10 Å². The van der Waals surface area contributed by atoms with Crippen LogP contribution in [0.1, 0.15) is 41.3 Å². The highest BCUT2D eigenvalue weighted by Crippen LogP contribution is 2.30. The van der Waals surface area contributed by atoms with E-state index >= 15 is 0 Å². The normalized spacial score (nSPS) is 18.2. The first-order valence-corrected chi connectivity index (χ1v) is 8.47. The molecular formula is C20H22FNO3. The Bertz CT molecular complexity index is 732. The third-order valence-electron chi connectivity index (χ3n) is 4.73. The van der Waals surface area contributed by atoms with E-state index in [1.807, 2.05) is 17.0 Å². The number of amides is 1. The van der Waals surface area contributed by atoms with Crippen molar-refractivity contribution in [1.82, 2.24) is 4.90 Å². The molecule has 0 spiro atoms. The molecule has 1 aliphatic heterocycles. The molecule has 1 heterocycles. The van der Waals surface area contributed by atoms with E-state index in [1.165, 1.54) is 12.1 Å². The predicted molar refractivity (Wildman–Crippen MR) is 93.0 cm³/mol. The average Bonchev–Trinajstić information content (AvgIpc) is 3.09. The van der Waals surface area contributed by atoms with Crippen molar-refractivity contribution in [2.75, 3.05) is 13.7 Å². The number of para-hydroxylation sites is 1. The van der Waals surface area contributed by atoms with Crippen LogP contribution in [0, 0.1) is 5.82 Å². The number of carbonyl (C=O) groups is 1. The predicted octanol–water partition coefficient (Wildman–Crippen LogP) is 3.56. The molecule has 2 aromatic carbocycles. The third-order valence-corrected chi connectivity index (χ3v) is 4.73. The highest BCUT2D eigenvalue weighted by atomic mass is 19.1. The average molecular weight is 343 g/mol. The summed E-state index contributed by atoms with van der Waals surface area (Å²) in [6, 6.07) is 13.0. The van der Waals surface area contributed by atoms with Gasteiger partial charge in [-0.2, -0.15) is 0 Å². The topological polar surface area (TPSA) is 49.8 Å². The molecule has 1 aliphatic rings. The van der Waals surface area contributed by atoms with E-state index in [2.05, 4.69) is 0 Å². The monoisotopic (exact) mass is 343 g/mol. The highest BCUT2D eigenvalue weighted by molar-refractivity contribution is 5.97.